The van der Waals surface area contributed by atoms with Crippen molar-refractivity contribution in [1.82, 2.24) is 4.98 Å². The van der Waals surface area contributed by atoms with Crippen LogP contribution in [0.5, 0.6) is 0 Å². The Morgan fingerprint density at radius 2 is 2.14 bits per heavy atom. The lowest BCUT2D eigenvalue weighted by Crippen LogP contribution is -2.45. The van der Waals surface area contributed by atoms with E-state index in [1.165, 1.54) is 0 Å². The highest BCUT2D eigenvalue weighted by atomic mass is 32.1. The summed E-state index contributed by atoms with van der Waals surface area (Å²) >= 11 is 5.05. The Bertz CT molecular complexity index is 326. The fraction of sp³-hybridized carbons (Fsp3) is 0.400. The molecule has 0 aromatic rings. The smallest absolute Gasteiger partial charge is 0.243 e. The molecule has 0 heterocycles. The van der Waals surface area contributed by atoms with Gasteiger partial charge >= 0.3 is 0 Å². The van der Waals surface area contributed by atoms with E-state index in [1.54, 1.807) is 6.08 Å². The minimum atomic E-state index is -1.54. The minimum absolute atomic E-state index is 0.00228. The molecule has 1 amide bonds. The predicted molar refractivity (Wildman–Crippen MR) is 65.9 cm³/mol. The zero-order valence-electron chi connectivity index (χ0n) is 8.76. The van der Waals surface area contributed by atoms with E-state index in [1.807, 2.05) is 12.2 Å². The van der Waals surface area contributed by atoms with E-state index >= 15 is 0 Å². The fourth-order valence-electron chi connectivity index (χ4n) is 1.14. The van der Waals surface area contributed by atoms with Crippen molar-refractivity contribution in [3.05, 3.63) is 23.8 Å². The summed E-state index contributed by atoms with van der Waals surface area (Å²) in [4.78, 5) is 15.6. The second-order valence-corrected chi connectivity index (χ2v) is 9.65. The van der Waals surface area contributed by atoms with E-state index in [2.05, 4.69) is 24.6 Å². The summed E-state index contributed by atoms with van der Waals surface area (Å²) in [6.45, 7) is 6.28. The molecule has 0 unspecified atom stereocenters. The molecule has 0 atom stereocenters. The first-order chi connectivity index (χ1) is 6.38. The van der Waals surface area contributed by atoms with Crippen LogP contribution in [0.1, 0.15) is 6.42 Å². The van der Waals surface area contributed by atoms with Crippen LogP contribution in [0.25, 0.3) is 0 Å². The van der Waals surface area contributed by atoms with Gasteiger partial charge in [-0.15, -0.1) is 0 Å². The van der Waals surface area contributed by atoms with Crippen molar-refractivity contribution in [2.24, 2.45) is 0 Å². The summed E-state index contributed by atoms with van der Waals surface area (Å²) in [5, 5.41) is 0. The molecule has 76 valence electrons. The molecule has 0 aliphatic heterocycles. The number of rotatable bonds is 2. The van der Waals surface area contributed by atoms with Gasteiger partial charge in [0.25, 0.3) is 0 Å². The zero-order chi connectivity index (χ0) is 10.8. The van der Waals surface area contributed by atoms with Gasteiger partial charge in [-0.2, -0.15) is 0 Å². The Kier molecular flexibility index (Phi) is 3.39. The molecule has 1 N–H and O–H groups in total. The lowest BCUT2D eigenvalue weighted by atomic mass is 10.1. The van der Waals surface area contributed by atoms with Crippen LogP contribution in [-0.2, 0) is 4.79 Å². The third-order valence-electron chi connectivity index (χ3n) is 1.68. The van der Waals surface area contributed by atoms with Crippen molar-refractivity contribution < 1.29 is 4.79 Å². The lowest BCUT2D eigenvalue weighted by Gasteiger charge is -2.19. The van der Waals surface area contributed by atoms with Crippen molar-refractivity contribution in [3.63, 3.8) is 0 Å². The Morgan fingerprint density at radius 3 is 2.64 bits per heavy atom. The highest BCUT2D eigenvalue weighted by Gasteiger charge is 2.19. The van der Waals surface area contributed by atoms with Crippen molar-refractivity contribution in [2.45, 2.75) is 26.1 Å². The SMILES string of the molecule is C[Si](C)(C)NC(=O)C1=CC(=S)CC=C1. The van der Waals surface area contributed by atoms with E-state index in [9.17, 15) is 4.79 Å². The highest BCUT2D eigenvalue weighted by molar-refractivity contribution is 7.80. The number of thiocarbonyl (C=S) groups is 1. The summed E-state index contributed by atoms with van der Waals surface area (Å²) in [5.41, 5.74) is 0.684. The molecule has 1 aliphatic rings. The average Bonchev–Trinajstić information content (AvgIpc) is 2.01. The number of hydrogen-bond donors (Lipinski definition) is 1. The maximum Gasteiger partial charge on any atom is 0.243 e. The number of hydrogen-bond acceptors (Lipinski definition) is 2. The third kappa shape index (κ3) is 3.55. The van der Waals surface area contributed by atoms with Crippen molar-refractivity contribution in [2.75, 3.05) is 0 Å². The standard InChI is InChI=1S/C10H15NOSSi/c1-14(2,3)11-10(12)8-5-4-6-9(13)7-8/h4-5,7H,6H2,1-3H3,(H,11,12). The van der Waals surface area contributed by atoms with Gasteiger partial charge < -0.3 is 4.98 Å². The molecule has 4 heteroatoms. The molecule has 1 rings (SSSR count). The number of nitrogens with one attached hydrogen (secondary N) is 1. The Hall–Kier alpha value is -0.743. The molecule has 0 spiro atoms. The number of amides is 1. The predicted octanol–water partition coefficient (Wildman–Crippen LogP) is 2.19. The van der Waals surface area contributed by atoms with Gasteiger partial charge in [0, 0.05) is 16.9 Å². The van der Waals surface area contributed by atoms with Crippen LogP contribution in [-0.4, -0.2) is 19.0 Å². The minimum Gasteiger partial charge on any atom is -0.378 e. The molecule has 0 aromatic heterocycles. The Balaban J connectivity index is 2.71. The summed E-state index contributed by atoms with van der Waals surface area (Å²) in [6.07, 6.45) is 6.33. The molecule has 0 bridgehead atoms. The molecule has 0 saturated carbocycles. The van der Waals surface area contributed by atoms with Crippen molar-refractivity contribution in [1.29, 1.82) is 0 Å². The van der Waals surface area contributed by atoms with E-state index in [-0.39, 0.29) is 5.91 Å². The molecule has 0 fully saturated rings. The van der Waals surface area contributed by atoms with E-state index in [0.29, 0.717) is 5.57 Å². The molecular weight excluding hydrogens is 210 g/mol. The second kappa shape index (κ2) is 4.19. The van der Waals surface area contributed by atoms with E-state index in [0.717, 1.165) is 11.3 Å². The van der Waals surface area contributed by atoms with Gasteiger partial charge in [-0.1, -0.05) is 44.0 Å². The zero-order valence-corrected chi connectivity index (χ0v) is 10.6. The van der Waals surface area contributed by atoms with Crippen LogP contribution < -0.4 is 4.98 Å². The van der Waals surface area contributed by atoms with Gasteiger partial charge in [-0.3, -0.25) is 4.79 Å². The molecule has 14 heavy (non-hydrogen) atoms. The lowest BCUT2D eigenvalue weighted by molar-refractivity contribution is -0.115. The molecule has 0 saturated heterocycles. The van der Waals surface area contributed by atoms with Gasteiger partial charge in [0.15, 0.2) is 0 Å². The van der Waals surface area contributed by atoms with Gasteiger partial charge in [0.1, 0.15) is 8.24 Å². The molecular formula is C10H15NOSSi. The normalized spacial score (nSPS) is 16.5. The largest absolute Gasteiger partial charge is 0.378 e. The molecule has 0 aromatic carbocycles. The Morgan fingerprint density at radius 1 is 1.50 bits per heavy atom. The molecule has 2 nitrogen and oxygen atoms in total. The van der Waals surface area contributed by atoms with Gasteiger partial charge in [-0.25, -0.2) is 0 Å². The van der Waals surface area contributed by atoms with Crippen LogP contribution >= 0.6 is 12.2 Å². The summed E-state index contributed by atoms with van der Waals surface area (Å²) < 4.78 is 0. The first kappa shape index (κ1) is 11.3. The van der Waals surface area contributed by atoms with Crippen LogP contribution in [0.3, 0.4) is 0 Å². The van der Waals surface area contributed by atoms with Crippen molar-refractivity contribution in [3.8, 4) is 0 Å². The van der Waals surface area contributed by atoms with Crippen LogP contribution in [0.4, 0.5) is 0 Å². The number of allylic oxidation sites excluding steroid dienone is 2. The van der Waals surface area contributed by atoms with Gasteiger partial charge in [-0.05, 0) is 6.08 Å². The highest BCUT2D eigenvalue weighted by Crippen LogP contribution is 2.09. The quantitative estimate of drug-likeness (QED) is 0.576. The van der Waals surface area contributed by atoms with E-state index in [4.69, 9.17) is 12.2 Å². The van der Waals surface area contributed by atoms with Crippen LogP contribution in [0.15, 0.2) is 23.8 Å². The number of carbonyl (C=O) groups excluding carboxylic acids is 1. The van der Waals surface area contributed by atoms with Gasteiger partial charge in [0.05, 0.1) is 0 Å². The fourth-order valence-corrected chi connectivity index (χ4v) is 2.19. The molecule has 1 aliphatic carbocycles. The maximum atomic E-state index is 11.7. The van der Waals surface area contributed by atoms with Crippen molar-refractivity contribution >= 4 is 31.2 Å². The maximum absolute atomic E-state index is 11.7. The average molecular weight is 225 g/mol. The first-order valence-electron chi connectivity index (χ1n) is 4.62. The topological polar surface area (TPSA) is 29.1 Å². The summed E-state index contributed by atoms with van der Waals surface area (Å²) in [7, 11) is -1.54. The van der Waals surface area contributed by atoms with Gasteiger partial charge in [0.2, 0.25) is 5.91 Å². The summed E-state index contributed by atoms with van der Waals surface area (Å²) in [5.74, 6) is 0.00228. The third-order valence-corrected chi connectivity index (χ3v) is 2.95. The Labute approximate surface area is 91.2 Å². The first-order valence-corrected chi connectivity index (χ1v) is 8.53. The molecule has 0 radical (unpaired) electrons. The van der Waals surface area contributed by atoms with Crippen LogP contribution in [0.2, 0.25) is 19.6 Å². The summed E-state index contributed by atoms with van der Waals surface area (Å²) in [6, 6.07) is 0. The van der Waals surface area contributed by atoms with E-state index < -0.39 is 8.24 Å². The van der Waals surface area contributed by atoms with Crippen LogP contribution in [0, 0.1) is 0 Å². The number of carbonyl (C=O) groups is 1. The second-order valence-electron chi connectivity index (χ2n) is 4.38. The monoisotopic (exact) mass is 225 g/mol.